The van der Waals surface area contributed by atoms with Gasteiger partial charge in [-0.3, -0.25) is 18.9 Å². The topological polar surface area (TPSA) is 183 Å². The summed E-state index contributed by atoms with van der Waals surface area (Å²) in [4.78, 5) is 35.3. The number of nitrogens with zero attached hydrogens (tertiary/aromatic N) is 5. The number of aliphatic hydroxyl groups is 1. The Hall–Kier alpha value is -2.64. The smallest absolute Gasteiger partial charge is 0.394 e. The lowest BCUT2D eigenvalue weighted by molar-refractivity contribution is -0.0973. The van der Waals surface area contributed by atoms with Gasteiger partial charge >= 0.3 is 7.75 Å². The Morgan fingerprint density at radius 2 is 2.21 bits per heavy atom. The second-order valence-corrected chi connectivity index (χ2v) is 7.26. The van der Waals surface area contributed by atoms with Crippen LogP contribution in [0.4, 0.5) is 10.3 Å². The molecule has 28 heavy (non-hydrogen) atoms. The molecule has 5 N–H and O–H groups in total. The summed E-state index contributed by atoms with van der Waals surface area (Å²) < 4.78 is 38.0. The Bertz CT molecular complexity index is 1040. The normalized spacial score (nSPS) is 16.1. The number of anilines is 1. The van der Waals surface area contributed by atoms with Crippen molar-refractivity contribution < 1.29 is 28.2 Å². The molecule has 3 rings (SSSR count). The average Bonchev–Trinajstić information content (AvgIpc) is 3.32. The number of nitrogen functional groups attached to an aromatic ring is 1. The molecule has 152 valence electrons. The van der Waals surface area contributed by atoms with Crippen molar-refractivity contribution in [2.45, 2.75) is 12.3 Å². The van der Waals surface area contributed by atoms with Gasteiger partial charge in [0, 0.05) is 12.4 Å². The van der Waals surface area contributed by atoms with Gasteiger partial charge in [0.05, 0.1) is 19.5 Å². The number of aromatic amines is 1. The molecule has 1 unspecified atom stereocenters. The molecular formula is C13H17FN7O6P. The highest BCUT2D eigenvalue weighted by Crippen LogP contribution is 2.43. The number of hydrogen-bond acceptors (Lipinski definition) is 9. The summed E-state index contributed by atoms with van der Waals surface area (Å²) in [5.74, 6) is -0.194. The number of H-pyrrole nitrogens is 1. The molecule has 13 nitrogen and oxygen atoms in total. The number of imidazole rings is 2. The van der Waals surface area contributed by atoms with E-state index in [1.165, 1.54) is 12.4 Å². The first kappa shape index (κ1) is 20.1. The lowest BCUT2D eigenvalue weighted by atomic mass is 10.4. The summed E-state index contributed by atoms with van der Waals surface area (Å²) in [6.45, 7) is -2.24. The molecular weight excluding hydrogens is 400 g/mol. The first-order valence-corrected chi connectivity index (χ1v) is 9.39. The SMILES string of the molecule is Nc1nc2c(ncn2[C@@H](CF)O[C@@H](CO)COP(=O)(O)n2ccnc2)c(=O)[nH]1. The molecule has 0 aliphatic rings. The van der Waals surface area contributed by atoms with Gasteiger partial charge in [0.1, 0.15) is 19.1 Å². The molecule has 15 heteroatoms. The monoisotopic (exact) mass is 417 g/mol. The van der Waals surface area contributed by atoms with Gasteiger partial charge in [0.15, 0.2) is 17.4 Å². The van der Waals surface area contributed by atoms with Crippen molar-refractivity contribution in [2.75, 3.05) is 25.6 Å². The molecule has 0 aromatic carbocycles. The summed E-state index contributed by atoms with van der Waals surface area (Å²) in [5, 5.41) is 9.46. The van der Waals surface area contributed by atoms with Gasteiger partial charge in [0.2, 0.25) is 5.95 Å². The van der Waals surface area contributed by atoms with Gasteiger partial charge < -0.3 is 20.5 Å². The van der Waals surface area contributed by atoms with Gasteiger partial charge in [-0.05, 0) is 0 Å². The Labute approximate surface area is 156 Å². The predicted molar refractivity (Wildman–Crippen MR) is 92.9 cm³/mol. The number of halogens is 1. The van der Waals surface area contributed by atoms with Crippen LogP contribution in [-0.4, -0.2) is 64.8 Å². The van der Waals surface area contributed by atoms with Gasteiger partial charge in [-0.15, -0.1) is 0 Å². The molecule has 0 fully saturated rings. The van der Waals surface area contributed by atoms with E-state index in [0.29, 0.717) is 0 Å². The maximum Gasteiger partial charge on any atom is 0.437 e. The minimum Gasteiger partial charge on any atom is -0.394 e. The average molecular weight is 417 g/mol. The summed E-state index contributed by atoms with van der Waals surface area (Å²) in [6, 6.07) is 0. The zero-order valence-corrected chi connectivity index (χ0v) is 15.1. The fourth-order valence-electron chi connectivity index (χ4n) is 2.34. The molecule has 3 aromatic heterocycles. The summed E-state index contributed by atoms with van der Waals surface area (Å²) in [7, 11) is -4.25. The number of alkyl halides is 1. The number of aliphatic hydroxyl groups excluding tert-OH is 1. The van der Waals surface area contributed by atoms with E-state index >= 15 is 0 Å². The van der Waals surface area contributed by atoms with Crippen LogP contribution in [0.5, 0.6) is 0 Å². The fourth-order valence-corrected chi connectivity index (χ4v) is 3.25. The maximum atomic E-state index is 13.6. The minimum atomic E-state index is -4.25. The highest BCUT2D eigenvalue weighted by Gasteiger charge is 2.27. The second-order valence-electron chi connectivity index (χ2n) is 5.55. The van der Waals surface area contributed by atoms with E-state index in [1.807, 2.05) is 0 Å². The van der Waals surface area contributed by atoms with Crippen molar-refractivity contribution >= 4 is 24.9 Å². The fraction of sp³-hybridized carbons (Fsp3) is 0.385. The molecule has 3 atom stereocenters. The van der Waals surface area contributed by atoms with E-state index in [0.717, 1.165) is 21.6 Å². The number of nitrogens with one attached hydrogen (secondary N) is 1. The molecule has 3 heterocycles. The van der Waals surface area contributed by atoms with Crippen LogP contribution < -0.4 is 11.3 Å². The molecule has 0 saturated heterocycles. The standard InChI is InChI=1S/C13H17FN7O6P/c14-3-9(21-7-17-10-11(21)18-13(15)19-12(10)23)27-8(4-22)5-26-28(24,25)20-2-1-16-6-20/h1-2,6-9,22H,3-5H2,(H,24,25)(H3,15,18,19,23)/t8-,9+/m0/s1. The van der Waals surface area contributed by atoms with Crippen molar-refractivity contribution in [3.05, 3.63) is 35.4 Å². The van der Waals surface area contributed by atoms with Crippen LogP contribution >= 0.6 is 7.75 Å². The molecule has 0 spiro atoms. The van der Waals surface area contributed by atoms with E-state index in [4.69, 9.17) is 15.0 Å². The Kier molecular flexibility index (Phi) is 5.86. The van der Waals surface area contributed by atoms with E-state index in [-0.39, 0.29) is 17.1 Å². The quantitative estimate of drug-likeness (QED) is 0.328. The van der Waals surface area contributed by atoms with Crippen molar-refractivity contribution in [2.24, 2.45) is 0 Å². The van der Waals surface area contributed by atoms with Crippen LogP contribution in [0, 0.1) is 0 Å². The number of rotatable bonds is 9. The maximum absolute atomic E-state index is 13.6. The van der Waals surface area contributed by atoms with E-state index < -0.39 is 45.5 Å². The molecule has 0 aliphatic carbocycles. The van der Waals surface area contributed by atoms with E-state index in [2.05, 4.69) is 19.9 Å². The third-order valence-corrected chi connectivity index (χ3v) is 4.96. The second kappa shape index (κ2) is 8.16. The number of hydrogen-bond donors (Lipinski definition) is 4. The number of fused-ring (bicyclic) bond motifs is 1. The van der Waals surface area contributed by atoms with Crippen molar-refractivity contribution in [1.29, 1.82) is 0 Å². The van der Waals surface area contributed by atoms with Crippen LogP contribution in [0.1, 0.15) is 6.23 Å². The van der Waals surface area contributed by atoms with Gasteiger partial charge in [-0.25, -0.2) is 23.3 Å². The zero-order valence-electron chi connectivity index (χ0n) is 14.3. The zero-order chi connectivity index (χ0) is 20.3. The van der Waals surface area contributed by atoms with Crippen molar-refractivity contribution in [3.63, 3.8) is 0 Å². The van der Waals surface area contributed by atoms with Gasteiger partial charge in [-0.1, -0.05) is 0 Å². The predicted octanol–water partition coefficient (Wildman–Crippen LogP) is -0.591. The Balaban J connectivity index is 1.76. The Morgan fingerprint density at radius 1 is 1.43 bits per heavy atom. The van der Waals surface area contributed by atoms with Crippen LogP contribution in [0.2, 0.25) is 0 Å². The van der Waals surface area contributed by atoms with E-state index in [9.17, 15) is 23.7 Å². The van der Waals surface area contributed by atoms with Gasteiger partial charge in [0.25, 0.3) is 5.56 Å². The summed E-state index contributed by atoms with van der Waals surface area (Å²) >= 11 is 0. The summed E-state index contributed by atoms with van der Waals surface area (Å²) in [6.07, 6.45) is 2.23. The van der Waals surface area contributed by atoms with Crippen LogP contribution in [-0.2, 0) is 13.8 Å². The van der Waals surface area contributed by atoms with Crippen LogP contribution in [0.25, 0.3) is 11.2 Å². The lowest BCUT2D eigenvalue weighted by Gasteiger charge is -2.23. The molecule has 0 radical (unpaired) electrons. The Morgan fingerprint density at radius 3 is 2.86 bits per heavy atom. The first-order valence-electron chi connectivity index (χ1n) is 7.86. The number of ether oxygens (including phenoxy) is 1. The largest absolute Gasteiger partial charge is 0.437 e. The molecule has 0 aliphatic heterocycles. The molecule has 0 amide bonds. The minimum absolute atomic E-state index is 0.0206. The molecule has 0 bridgehead atoms. The molecule has 3 aromatic rings. The first-order chi connectivity index (χ1) is 13.4. The highest BCUT2D eigenvalue weighted by molar-refractivity contribution is 7.51. The van der Waals surface area contributed by atoms with Gasteiger partial charge in [-0.2, -0.15) is 4.98 Å². The number of aromatic nitrogens is 6. The third kappa shape index (κ3) is 4.10. The number of nitrogens with two attached hydrogens (primary N) is 1. The molecule has 0 saturated carbocycles. The van der Waals surface area contributed by atoms with E-state index in [1.54, 1.807) is 0 Å². The van der Waals surface area contributed by atoms with Crippen LogP contribution in [0.15, 0.2) is 29.8 Å². The summed E-state index contributed by atoms with van der Waals surface area (Å²) in [5.41, 5.74) is 4.79. The van der Waals surface area contributed by atoms with Crippen molar-refractivity contribution in [1.82, 2.24) is 28.8 Å². The highest BCUT2D eigenvalue weighted by atomic mass is 31.2. The van der Waals surface area contributed by atoms with Crippen LogP contribution in [0.3, 0.4) is 0 Å². The van der Waals surface area contributed by atoms with Crippen molar-refractivity contribution in [3.8, 4) is 0 Å². The lowest BCUT2D eigenvalue weighted by Crippen LogP contribution is -2.29. The third-order valence-electron chi connectivity index (χ3n) is 3.66.